The van der Waals surface area contributed by atoms with Crippen LogP contribution in [0.4, 0.5) is 14.5 Å². The van der Waals surface area contributed by atoms with Gasteiger partial charge in [0.05, 0.1) is 18.7 Å². The molecule has 4 rings (SSSR count). The van der Waals surface area contributed by atoms with Gasteiger partial charge in [-0.25, -0.2) is 8.78 Å². The van der Waals surface area contributed by atoms with Crippen LogP contribution in [-0.2, 0) is 18.4 Å². The van der Waals surface area contributed by atoms with Gasteiger partial charge in [0.15, 0.2) is 0 Å². The van der Waals surface area contributed by atoms with Gasteiger partial charge in [0.1, 0.15) is 11.6 Å². The molecule has 1 saturated heterocycles. The van der Waals surface area contributed by atoms with Gasteiger partial charge in [-0.2, -0.15) is 5.10 Å². The van der Waals surface area contributed by atoms with Gasteiger partial charge < -0.3 is 10.2 Å². The lowest BCUT2D eigenvalue weighted by atomic mass is 9.89. The zero-order chi connectivity index (χ0) is 20.4. The van der Waals surface area contributed by atoms with Crippen molar-refractivity contribution in [3.63, 3.8) is 0 Å². The second-order valence-electron chi connectivity index (χ2n) is 7.31. The first kappa shape index (κ1) is 21.9. The largest absolute Gasteiger partial charge is 0.315 e. The van der Waals surface area contributed by atoms with Gasteiger partial charge in [0.25, 0.3) is 0 Å². The van der Waals surface area contributed by atoms with Crippen LogP contribution >= 0.6 is 12.4 Å². The fourth-order valence-corrected chi connectivity index (χ4v) is 3.83. The Morgan fingerprint density at radius 1 is 1.17 bits per heavy atom. The van der Waals surface area contributed by atoms with Gasteiger partial charge in [-0.05, 0) is 35.9 Å². The molecule has 0 spiro atoms. The smallest absolute Gasteiger partial charge is 0.232 e. The van der Waals surface area contributed by atoms with Crippen LogP contribution in [0.15, 0.2) is 60.9 Å². The maximum Gasteiger partial charge on any atom is 0.232 e. The summed E-state index contributed by atoms with van der Waals surface area (Å²) in [5.74, 6) is -1.24. The zero-order valence-corrected chi connectivity index (χ0v) is 17.3. The van der Waals surface area contributed by atoms with Crippen molar-refractivity contribution in [1.82, 2.24) is 15.1 Å². The second kappa shape index (κ2) is 9.36. The van der Waals surface area contributed by atoms with Crippen molar-refractivity contribution in [2.75, 3.05) is 18.0 Å². The van der Waals surface area contributed by atoms with Crippen LogP contribution in [0.1, 0.15) is 17.0 Å². The summed E-state index contributed by atoms with van der Waals surface area (Å²) in [7, 11) is 1.84. The van der Waals surface area contributed by atoms with Gasteiger partial charge in [0.2, 0.25) is 5.91 Å². The third kappa shape index (κ3) is 4.52. The highest BCUT2D eigenvalue weighted by molar-refractivity contribution is 5.96. The number of aryl methyl sites for hydroxylation is 1. The molecular weight excluding hydrogens is 410 g/mol. The topological polar surface area (TPSA) is 50.2 Å². The molecule has 2 aromatic carbocycles. The lowest BCUT2D eigenvalue weighted by Crippen LogP contribution is -2.38. The summed E-state index contributed by atoms with van der Waals surface area (Å²) >= 11 is 0. The number of hydrogen-bond acceptors (Lipinski definition) is 3. The maximum atomic E-state index is 14.3. The molecule has 30 heavy (non-hydrogen) atoms. The average molecular weight is 433 g/mol. The Balaban J connectivity index is 0.00000256. The molecular formula is C22H23ClF2N4O. The highest BCUT2D eigenvalue weighted by Gasteiger charge is 2.37. The molecule has 1 aromatic heterocycles. The van der Waals surface area contributed by atoms with E-state index in [4.69, 9.17) is 0 Å². The average Bonchev–Trinajstić information content (AvgIpc) is 3.36. The molecule has 8 heteroatoms. The number of amides is 1. The van der Waals surface area contributed by atoms with E-state index in [0.29, 0.717) is 24.3 Å². The Labute approximate surface area is 180 Å². The monoisotopic (exact) mass is 432 g/mol. The fourth-order valence-electron chi connectivity index (χ4n) is 3.83. The molecule has 2 heterocycles. The number of rotatable bonds is 5. The maximum absolute atomic E-state index is 14.3. The molecule has 1 aliphatic heterocycles. The van der Waals surface area contributed by atoms with Gasteiger partial charge >= 0.3 is 0 Å². The molecule has 1 N–H and O–H groups in total. The van der Waals surface area contributed by atoms with Crippen LogP contribution in [0.5, 0.6) is 0 Å². The minimum absolute atomic E-state index is 0. The van der Waals surface area contributed by atoms with Crippen molar-refractivity contribution in [2.45, 2.75) is 12.5 Å². The minimum atomic E-state index is -0.386. The summed E-state index contributed by atoms with van der Waals surface area (Å²) in [6, 6.07) is 12.1. The first-order valence-corrected chi connectivity index (χ1v) is 9.52. The number of nitrogens with zero attached hydrogens (tertiary/aromatic N) is 3. The summed E-state index contributed by atoms with van der Waals surface area (Å²) in [5, 5.41) is 7.50. The predicted molar refractivity (Wildman–Crippen MR) is 114 cm³/mol. The first-order valence-electron chi connectivity index (χ1n) is 9.52. The van der Waals surface area contributed by atoms with Crippen LogP contribution < -0.4 is 10.2 Å². The quantitative estimate of drug-likeness (QED) is 0.669. The Bertz CT molecular complexity index is 1010. The Morgan fingerprint density at radius 3 is 2.57 bits per heavy atom. The van der Waals surface area contributed by atoms with Crippen LogP contribution in [-0.4, -0.2) is 28.8 Å². The number of carbonyl (C=O) groups excluding carboxylic acids is 1. The number of hydrogen-bond donors (Lipinski definition) is 1. The van der Waals surface area contributed by atoms with Crippen molar-refractivity contribution >= 4 is 24.0 Å². The van der Waals surface area contributed by atoms with E-state index in [9.17, 15) is 13.6 Å². The first-order chi connectivity index (χ1) is 14.0. The van der Waals surface area contributed by atoms with Crippen LogP contribution in [0.25, 0.3) is 0 Å². The molecule has 0 saturated carbocycles. The summed E-state index contributed by atoms with van der Waals surface area (Å²) < 4.78 is 29.5. The third-order valence-corrected chi connectivity index (χ3v) is 5.38. The molecule has 5 nitrogen and oxygen atoms in total. The normalized spacial score (nSPS) is 18.1. The highest BCUT2D eigenvalue weighted by Crippen LogP contribution is 2.32. The van der Waals surface area contributed by atoms with E-state index in [1.807, 2.05) is 13.2 Å². The number of aromatic nitrogens is 2. The number of carbonyl (C=O) groups is 1. The van der Waals surface area contributed by atoms with E-state index in [1.165, 1.54) is 18.2 Å². The summed E-state index contributed by atoms with van der Waals surface area (Å²) in [5.41, 5.74) is 1.94. The lowest BCUT2D eigenvalue weighted by molar-refractivity contribution is -0.122. The van der Waals surface area contributed by atoms with Crippen LogP contribution in [0, 0.1) is 17.6 Å². The van der Waals surface area contributed by atoms with E-state index in [0.717, 1.165) is 5.56 Å². The number of nitrogens with one attached hydrogen (secondary N) is 1. The third-order valence-electron chi connectivity index (χ3n) is 5.38. The molecule has 0 unspecified atom stereocenters. The van der Waals surface area contributed by atoms with Crippen molar-refractivity contribution in [2.24, 2.45) is 13.0 Å². The van der Waals surface area contributed by atoms with E-state index in [1.54, 1.807) is 46.1 Å². The highest BCUT2D eigenvalue weighted by atomic mass is 35.5. The van der Waals surface area contributed by atoms with Crippen molar-refractivity contribution < 1.29 is 13.6 Å². The Morgan fingerprint density at radius 2 is 1.90 bits per heavy atom. The summed E-state index contributed by atoms with van der Waals surface area (Å²) in [6.07, 6.45) is 3.69. The molecule has 1 aliphatic rings. The molecule has 0 aliphatic carbocycles. The van der Waals surface area contributed by atoms with Crippen LogP contribution in [0.2, 0.25) is 0 Å². The predicted octanol–water partition coefficient (Wildman–Crippen LogP) is 3.66. The molecule has 2 atom stereocenters. The van der Waals surface area contributed by atoms with Crippen molar-refractivity contribution in [1.29, 1.82) is 0 Å². The molecule has 1 amide bonds. The second-order valence-corrected chi connectivity index (χ2v) is 7.31. The van der Waals surface area contributed by atoms with E-state index >= 15 is 0 Å². The van der Waals surface area contributed by atoms with Gasteiger partial charge in [0, 0.05) is 43.5 Å². The standard InChI is InChI=1S/C22H22F2N4O.ClH/c1-27-13-16(10-26-27)19-11-25-12-20(19)22(29)28(18-8-6-17(23)7-9-18)14-15-4-2-3-5-21(15)24;/h2-10,13,19-20,25H,11-12,14H2,1H3;1H/t19-,20+;/m1./s1. The van der Waals surface area contributed by atoms with Crippen molar-refractivity contribution in [3.8, 4) is 0 Å². The van der Waals surface area contributed by atoms with Gasteiger partial charge in [-0.3, -0.25) is 9.48 Å². The number of benzene rings is 2. The minimum Gasteiger partial charge on any atom is -0.315 e. The van der Waals surface area contributed by atoms with Crippen LogP contribution in [0.3, 0.4) is 0 Å². The fraction of sp³-hybridized carbons (Fsp3) is 0.273. The van der Waals surface area contributed by atoms with E-state index in [2.05, 4.69) is 10.4 Å². The van der Waals surface area contributed by atoms with Gasteiger partial charge in [-0.15, -0.1) is 12.4 Å². The SMILES string of the molecule is Cl.Cn1cc([C@H]2CNC[C@@H]2C(=O)N(Cc2ccccc2F)c2ccc(F)cc2)cn1. The molecule has 158 valence electrons. The Kier molecular flexibility index (Phi) is 6.84. The van der Waals surface area contributed by atoms with Crippen molar-refractivity contribution in [3.05, 3.63) is 83.7 Å². The summed E-state index contributed by atoms with van der Waals surface area (Å²) in [6.45, 7) is 1.26. The molecule has 3 aromatic rings. The molecule has 1 fully saturated rings. The molecule has 0 bridgehead atoms. The number of anilines is 1. The lowest BCUT2D eigenvalue weighted by Gasteiger charge is -2.28. The summed E-state index contributed by atoms with van der Waals surface area (Å²) in [4.78, 5) is 15.1. The molecule has 0 radical (unpaired) electrons. The zero-order valence-electron chi connectivity index (χ0n) is 16.5. The van der Waals surface area contributed by atoms with E-state index < -0.39 is 0 Å². The van der Waals surface area contributed by atoms with E-state index in [-0.39, 0.29) is 48.3 Å². The Hall–Kier alpha value is -2.77. The van der Waals surface area contributed by atoms with Gasteiger partial charge in [-0.1, -0.05) is 18.2 Å². The number of halogens is 3.